The summed E-state index contributed by atoms with van der Waals surface area (Å²) >= 11 is 0. The van der Waals surface area contributed by atoms with Crippen molar-refractivity contribution in [1.29, 1.82) is 0 Å². The van der Waals surface area contributed by atoms with Crippen molar-refractivity contribution >= 4 is 5.78 Å². The number of hydrogen-bond donors (Lipinski definition) is 1. The van der Waals surface area contributed by atoms with Gasteiger partial charge in [0, 0.05) is 18.0 Å². The van der Waals surface area contributed by atoms with Crippen LogP contribution in [-0.4, -0.2) is 15.8 Å². The molecule has 2 aromatic rings. The van der Waals surface area contributed by atoms with Crippen LogP contribution in [0, 0.1) is 0 Å². The summed E-state index contributed by atoms with van der Waals surface area (Å²) in [7, 11) is 0. The van der Waals surface area contributed by atoms with E-state index in [1.807, 2.05) is 0 Å². The lowest BCUT2D eigenvalue weighted by molar-refractivity contribution is -0.137. The molecule has 0 aliphatic heterocycles. The number of H-pyrrole nitrogens is 1. The Morgan fingerprint density at radius 3 is 2.72 bits per heavy atom. The minimum absolute atomic E-state index is 0.0289. The summed E-state index contributed by atoms with van der Waals surface area (Å²) in [5.74, 6) is 0.0217. The van der Waals surface area contributed by atoms with Gasteiger partial charge in [0.25, 0.3) is 0 Å². The monoisotopic (exact) mass is 254 g/mol. The van der Waals surface area contributed by atoms with E-state index in [0.29, 0.717) is 5.82 Å². The molecule has 0 bridgehead atoms. The summed E-state index contributed by atoms with van der Waals surface area (Å²) in [6.45, 7) is 0. The molecule has 1 aromatic heterocycles. The van der Waals surface area contributed by atoms with Gasteiger partial charge in [-0.15, -0.1) is 0 Å². The number of nitrogens with zero attached hydrogens (tertiary/aromatic N) is 1. The molecule has 1 N–H and O–H groups in total. The van der Waals surface area contributed by atoms with Crippen LogP contribution >= 0.6 is 0 Å². The predicted octanol–water partition coefficient (Wildman–Crippen LogP) is 2.85. The van der Waals surface area contributed by atoms with Crippen LogP contribution in [0.4, 0.5) is 13.2 Å². The van der Waals surface area contributed by atoms with E-state index in [0.717, 1.165) is 12.1 Å². The van der Waals surface area contributed by atoms with Gasteiger partial charge in [-0.2, -0.15) is 13.2 Å². The van der Waals surface area contributed by atoms with Crippen LogP contribution in [0.3, 0.4) is 0 Å². The maximum Gasteiger partial charge on any atom is 0.416 e. The van der Waals surface area contributed by atoms with Crippen molar-refractivity contribution in [2.24, 2.45) is 0 Å². The predicted molar refractivity (Wildman–Crippen MR) is 58.1 cm³/mol. The number of hydrogen-bond acceptors (Lipinski definition) is 2. The van der Waals surface area contributed by atoms with Gasteiger partial charge in [0.2, 0.25) is 0 Å². The number of imidazole rings is 1. The Bertz CT molecular complexity index is 547. The first kappa shape index (κ1) is 12.3. The molecule has 0 unspecified atom stereocenters. The van der Waals surface area contributed by atoms with E-state index in [1.165, 1.54) is 18.3 Å². The molecule has 18 heavy (non-hydrogen) atoms. The number of carbonyl (C=O) groups excluding carboxylic acids is 1. The average Bonchev–Trinajstić information content (AvgIpc) is 2.81. The van der Waals surface area contributed by atoms with Crippen LogP contribution in [0.1, 0.15) is 21.7 Å². The summed E-state index contributed by atoms with van der Waals surface area (Å²) in [4.78, 5) is 18.3. The van der Waals surface area contributed by atoms with Crippen LogP contribution in [0.2, 0.25) is 0 Å². The van der Waals surface area contributed by atoms with Crippen molar-refractivity contribution in [2.75, 3.05) is 0 Å². The molecular weight excluding hydrogens is 245 g/mol. The van der Waals surface area contributed by atoms with Crippen LogP contribution < -0.4 is 0 Å². The molecule has 0 fully saturated rings. The number of carbonyl (C=O) groups is 1. The number of Topliss-reactive ketones (excluding diaryl/α,β-unsaturated/α-hetero) is 1. The Morgan fingerprint density at radius 1 is 1.33 bits per heavy atom. The third-order valence-corrected chi connectivity index (χ3v) is 2.39. The minimum atomic E-state index is -4.44. The number of ketones is 1. The summed E-state index contributed by atoms with van der Waals surface area (Å²) in [5.41, 5.74) is -0.797. The quantitative estimate of drug-likeness (QED) is 0.856. The number of rotatable bonds is 3. The highest BCUT2D eigenvalue weighted by Gasteiger charge is 2.30. The van der Waals surface area contributed by atoms with Crippen molar-refractivity contribution in [2.45, 2.75) is 12.6 Å². The van der Waals surface area contributed by atoms with Crippen molar-refractivity contribution in [3.05, 3.63) is 53.6 Å². The second-order valence-corrected chi connectivity index (χ2v) is 3.71. The molecule has 0 atom stereocenters. The zero-order chi connectivity index (χ0) is 13.2. The van der Waals surface area contributed by atoms with Crippen molar-refractivity contribution in [1.82, 2.24) is 9.97 Å². The number of benzene rings is 1. The molecule has 0 radical (unpaired) electrons. The van der Waals surface area contributed by atoms with Gasteiger partial charge in [0.1, 0.15) is 5.82 Å². The van der Waals surface area contributed by atoms with Gasteiger partial charge in [-0.1, -0.05) is 12.1 Å². The van der Waals surface area contributed by atoms with Crippen LogP contribution in [0.25, 0.3) is 0 Å². The number of aromatic amines is 1. The van der Waals surface area contributed by atoms with E-state index in [9.17, 15) is 18.0 Å². The molecule has 0 aliphatic carbocycles. The van der Waals surface area contributed by atoms with Gasteiger partial charge in [0.05, 0.1) is 12.0 Å². The van der Waals surface area contributed by atoms with Crippen molar-refractivity contribution < 1.29 is 18.0 Å². The second-order valence-electron chi connectivity index (χ2n) is 3.71. The number of nitrogens with one attached hydrogen (secondary N) is 1. The summed E-state index contributed by atoms with van der Waals surface area (Å²) < 4.78 is 37.4. The Hall–Kier alpha value is -2.11. The Labute approximate surface area is 101 Å². The van der Waals surface area contributed by atoms with E-state index >= 15 is 0 Å². The maximum atomic E-state index is 12.5. The van der Waals surface area contributed by atoms with Crippen LogP contribution in [0.15, 0.2) is 36.7 Å². The van der Waals surface area contributed by atoms with Gasteiger partial charge in [-0.25, -0.2) is 4.98 Å². The molecule has 1 heterocycles. The van der Waals surface area contributed by atoms with E-state index in [4.69, 9.17) is 0 Å². The molecule has 0 amide bonds. The van der Waals surface area contributed by atoms with E-state index < -0.39 is 17.5 Å². The van der Waals surface area contributed by atoms with Crippen molar-refractivity contribution in [3.8, 4) is 0 Å². The molecule has 0 aliphatic rings. The Balaban J connectivity index is 2.21. The zero-order valence-corrected chi connectivity index (χ0v) is 9.16. The molecule has 3 nitrogen and oxygen atoms in total. The lowest BCUT2D eigenvalue weighted by Crippen LogP contribution is -2.09. The highest BCUT2D eigenvalue weighted by atomic mass is 19.4. The van der Waals surface area contributed by atoms with E-state index in [1.54, 1.807) is 6.20 Å². The number of aromatic nitrogens is 2. The molecule has 94 valence electrons. The molecular formula is C12H9F3N2O. The van der Waals surface area contributed by atoms with Gasteiger partial charge >= 0.3 is 6.18 Å². The standard InChI is InChI=1S/C12H9F3N2O/c13-12(14,15)9-3-1-2-8(6-9)10(18)7-11-16-4-5-17-11/h1-6H,7H2,(H,16,17). The average molecular weight is 254 g/mol. The van der Waals surface area contributed by atoms with E-state index in [-0.39, 0.29) is 12.0 Å². The first-order valence-corrected chi connectivity index (χ1v) is 5.15. The second kappa shape index (κ2) is 4.64. The fourth-order valence-corrected chi connectivity index (χ4v) is 1.52. The third kappa shape index (κ3) is 2.77. The van der Waals surface area contributed by atoms with Crippen molar-refractivity contribution in [3.63, 3.8) is 0 Å². The highest BCUT2D eigenvalue weighted by Crippen LogP contribution is 2.29. The molecule has 1 aromatic carbocycles. The Morgan fingerprint density at radius 2 is 2.11 bits per heavy atom. The number of alkyl halides is 3. The van der Waals surface area contributed by atoms with Gasteiger partial charge in [-0.3, -0.25) is 4.79 Å². The molecule has 6 heteroatoms. The fourth-order valence-electron chi connectivity index (χ4n) is 1.52. The maximum absolute atomic E-state index is 12.5. The first-order valence-electron chi connectivity index (χ1n) is 5.15. The highest BCUT2D eigenvalue weighted by molar-refractivity contribution is 5.97. The molecule has 0 spiro atoms. The molecule has 0 saturated heterocycles. The normalized spacial score (nSPS) is 11.5. The van der Waals surface area contributed by atoms with Crippen LogP contribution in [-0.2, 0) is 12.6 Å². The first-order chi connectivity index (χ1) is 8.47. The smallest absolute Gasteiger partial charge is 0.348 e. The largest absolute Gasteiger partial charge is 0.416 e. The van der Waals surface area contributed by atoms with Gasteiger partial charge in [0.15, 0.2) is 5.78 Å². The number of halogens is 3. The lowest BCUT2D eigenvalue weighted by Gasteiger charge is -2.07. The van der Waals surface area contributed by atoms with Crippen LogP contribution in [0.5, 0.6) is 0 Å². The van der Waals surface area contributed by atoms with Gasteiger partial charge in [-0.05, 0) is 12.1 Å². The SMILES string of the molecule is O=C(Cc1ncc[nH]1)c1cccc(C(F)(F)F)c1. The third-order valence-electron chi connectivity index (χ3n) is 2.39. The van der Waals surface area contributed by atoms with E-state index in [2.05, 4.69) is 9.97 Å². The molecule has 2 rings (SSSR count). The lowest BCUT2D eigenvalue weighted by atomic mass is 10.0. The summed E-state index contributed by atoms with van der Waals surface area (Å²) in [6.07, 6.45) is -1.46. The topological polar surface area (TPSA) is 45.8 Å². The fraction of sp³-hybridized carbons (Fsp3) is 0.167. The Kier molecular flexibility index (Phi) is 3.18. The van der Waals surface area contributed by atoms with Gasteiger partial charge < -0.3 is 4.98 Å². The minimum Gasteiger partial charge on any atom is -0.348 e. The zero-order valence-electron chi connectivity index (χ0n) is 9.16. The summed E-state index contributed by atoms with van der Waals surface area (Å²) in [5, 5.41) is 0. The molecule has 0 saturated carbocycles. The summed E-state index contributed by atoms with van der Waals surface area (Å²) in [6, 6.07) is 4.37.